The van der Waals surface area contributed by atoms with Gasteiger partial charge in [-0.2, -0.15) is 0 Å². The van der Waals surface area contributed by atoms with Crippen LogP contribution in [0.25, 0.3) is 0 Å². The summed E-state index contributed by atoms with van der Waals surface area (Å²) in [5, 5.41) is 0. The van der Waals surface area contributed by atoms with Crippen molar-refractivity contribution in [3.05, 3.63) is 12.7 Å². The zero-order chi connectivity index (χ0) is 12.3. The van der Waals surface area contributed by atoms with E-state index in [1.165, 1.54) is 12.8 Å². The molecule has 0 aromatic heterocycles. The molecule has 1 atom stereocenters. The van der Waals surface area contributed by atoms with Crippen molar-refractivity contribution in [3.63, 3.8) is 0 Å². The van der Waals surface area contributed by atoms with E-state index in [4.69, 9.17) is 5.73 Å². The fraction of sp³-hybridized carbons (Fsp3) is 0.769. The lowest BCUT2D eigenvalue weighted by Gasteiger charge is -2.35. The molecule has 1 saturated carbocycles. The van der Waals surface area contributed by atoms with Crippen LogP contribution in [0.1, 0.15) is 40.0 Å². The number of nitrogens with two attached hydrogens (primary N) is 1. The second kappa shape index (κ2) is 5.00. The summed E-state index contributed by atoms with van der Waals surface area (Å²) in [5.74, 6) is 0.723. The summed E-state index contributed by atoms with van der Waals surface area (Å²) in [6.07, 6.45) is 4.61. The normalized spacial score (nSPS) is 18.0. The Kier molecular flexibility index (Phi) is 4.14. The smallest absolute Gasteiger partial charge is 0.224 e. The second-order valence-electron chi connectivity index (χ2n) is 5.67. The van der Waals surface area contributed by atoms with E-state index in [0.29, 0.717) is 18.9 Å². The topological polar surface area (TPSA) is 46.3 Å². The van der Waals surface area contributed by atoms with Gasteiger partial charge in [-0.25, -0.2) is 0 Å². The van der Waals surface area contributed by atoms with Gasteiger partial charge in [0.2, 0.25) is 5.91 Å². The fourth-order valence-electron chi connectivity index (χ4n) is 1.88. The summed E-state index contributed by atoms with van der Waals surface area (Å²) < 4.78 is 0. The van der Waals surface area contributed by atoms with Crippen LogP contribution >= 0.6 is 0 Å². The summed E-state index contributed by atoms with van der Waals surface area (Å²) in [6, 6.07) is 0.0437. The van der Waals surface area contributed by atoms with Crippen LogP contribution in [0.15, 0.2) is 12.7 Å². The summed E-state index contributed by atoms with van der Waals surface area (Å²) in [7, 11) is 0. The molecule has 1 rings (SSSR count). The lowest BCUT2D eigenvalue weighted by Crippen LogP contribution is -2.47. The first kappa shape index (κ1) is 13.2. The molecule has 1 aliphatic rings. The molecular formula is C13H24N2O. The number of amides is 1. The zero-order valence-corrected chi connectivity index (χ0v) is 10.7. The molecule has 2 N–H and O–H groups in total. The number of hydrogen-bond acceptors (Lipinski definition) is 2. The number of nitrogens with zero attached hydrogens (tertiary/aromatic N) is 1. The Balaban J connectivity index is 2.55. The molecule has 0 heterocycles. The number of carbonyl (C=O) groups is 1. The highest BCUT2D eigenvalue weighted by Crippen LogP contribution is 2.33. The van der Waals surface area contributed by atoms with Crippen LogP contribution in [-0.4, -0.2) is 28.9 Å². The van der Waals surface area contributed by atoms with Gasteiger partial charge < -0.3 is 10.6 Å². The van der Waals surface area contributed by atoms with E-state index in [-0.39, 0.29) is 17.5 Å². The maximum Gasteiger partial charge on any atom is 0.224 e. The number of carbonyl (C=O) groups excluding carboxylic acids is 1. The molecule has 0 bridgehead atoms. The third-order valence-corrected chi connectivity index (χ3v) is 3.06. The summed E-state index contributed by atoms with van der Waals surface area (Å²) in [4.78, 5) is 14.0. The lowest BCUT2D eigenvalue weighted by molar-refractivity contribution is -0.135. The molecule has 0 radical (unpaired) electrons. The van der Waals surface area contributed by atoms with E-state index in [1.807, 2.05) is 25.7 Å². The fourth-order valence-corrected chi connectivity index (χ4v) is 1.88. The van der Waals surface area contributed by atoms with E-state index < -0.39 is 0 Å². The number of hydrogen-bond donors (Lipinski definition) is 1. The van der Waals surface area contributed by atoms with E-state index in [9.17, 15) is 4.79 Å². The highest BCUT2D eigenvalue weighted by atomic mass is 16.2. The maximum absolute atomic E-state index is 12.1. The highest BCUT2D eigenvalue weighted by Gasteiger charge is 2.33. The van der Waals surface area contributed by atoms with Gasteiger partial charge in [-0.05, 0) is 39.5 Å². The molecule has 3 nitrogen and oxygen atoms in total. The Hall–Kier alpha value is -0.830. The van der Waals surface area contributed by atoms with Crippen molar-refractivity contribution < 1.29 is 4.79 Å². The van der Waals surface area contributed by atoms with Crippen LogP contribution in [0, 0.1) is 5.92 Å². The van der Waals surface area contributed by atoms with Gasteiger partial charge in [0.25, 0.3) is 0 Å². The molecule has 1 aliphatic carbocycles. The molecule has 92 valence electrons. The maximum atomic E-state index is 12.1. The first-order valence-corrected chi connectivity index (χ1v) is 6.03. The van der Waals surface area contributed by atoms with Gasteiger partial charge in [0.1, 0.15) is 0 Å². The molecule has 0 aromatic carbocycles. The lowest BCUT2D eigenvalue weighted by atomic mass is 10.0. The zero-order valence-electron chi connectivity index (χ0n) is 10.7. The number of rotatable bonds is 5. The van der Waals surface area contributed by atoms with Gasteiger partial charge in [0.05, 0.1) is 0 Å². The van der Waals surface area contributed by atoms with E-state index in [2.05, 4.69) is 6.58 Å². The van der Waals surface area contributed by atoms with Gasteiger partial charge in [-0.3, -0.25) is 4.79 Å². The highest BCUT2D eigenvalue weighted by molar-refractivity contribution is 5.77. The first-order valence-electron chi connectivity index (χ1n) is 6.03. The Labute approximate surface area is 98.7 Å². The quantitative estimate of drug-likeness (QED) is 0.725. The van der Waals surface area contributed by atoms with Crippen molar-refractivity contribution in [3.8, 4) is 0 Å². The Morgan fingerprint density at radius 1 is 1.56 bits per heavy atom. The van der Waals surface area contributed by atoms with Crippen molar-refractivity contribution in [2.24, 2.45) is 11.7 Å². The van der Waals surface area contributed by atoms with Crippen LogP contribution < -0.4 is 5.73 Å². The Bertz CT molecular complexity index is 264. The van der Waals surface area contributed by atoms with Gasteiger partial charge in [0.15, 0.2) is 0 Å². The predicted octanol–water partition coefficient (Wildman–Crippen LogP) is 1.93. The van der Waals surface area contributed by atoms with Crippen LogP contribution in [0.3, 0.4) is 0 Å². The molecule has 1 fully saturated rings. The largest absolute Gasteiger partial charge is 0.334 e. The van der Waals surface area contributed by atoms with Crippen molar-refractivity contribution >= 4 is 5.91 Å². The van der Waals surface area contributed by atoms with Crippen molar-refractivity contribution in [1.29, 1.82) is 0 Å². The second-order valence-corrected chi connectivity index (χ2v) is 5.67. The van der Waals surface area contributed by atoms with Gasteiger partial charge in [-0.1, -0.05) is 6.08 Å². The molecular weight excluding hydrogens is 200 g/mol. The van der Waals surface area contributed by atoms with E-state index >= 15 is 0 Å². The molecule has 1 unspecified atom stereocenters. The van der Waals surface area contributed by atoms with Crippen LogP contribution in [0.2, 0.25) is 0 Å². The molecule has 16 heavy (non-hydrogen) atoms. The predicted molar refractivity (Wildman–Crippen MR) is 67.0 cm³/mol. The summed E-state index contributed by atoms with van der Waals surface area (Å²) >= 11 is 0. The average Bonchev–Trinajstić information content (AvgIpc) is 2.94. The molecule has 0 aliphatic heterocycles. The third kappa shape index (κ3) is 3.63. The molecule has 0 spiro atoms. The first-order chi connectivity index (χ1) is 7.36. The van der Waals surface area contributed by atoms with Gasteiger partial charge in [0, 0.05) is 24.5 Å². The van der Waals surface area contributed by atoms with E-state index in [0.717, 1.165) is 0 Å². The molecule has 0 aromatic rings. The third-order valence-electron chi connectivity index (χ3n) is 3.06. The Morgan fingerprint density at radius 3 is 2.50 bits per heavy atom. The molecule has 3 heteroatoms. The molecule has 0 saturated heterocycles. The van der Waals surface area contributed by atoms with Crippen molar-refractivity contribution in [1.82, 2.24) is 4.90 Å². The Morgan fingerprint density at radius 2 is 2.12 bits per heavy atom. The monoisotopic (exact) mass is 224 g/mol. The minimum Gasteiger partial charge on any atom is -0.334 e. The van der Waals surface area contributed by atoms with Gasteiger partial charge >= 0.3 is 0 Å². The minimum atomic E-state index is -0.158. The van der Waals surface area contributed by atoms with Crippen LogP contribution in [0.5, 0.6) is 0 Å². The van der Waals surface area contributed by atoms with Crippen molar-refractivity contribution in [2.45, 2.75) is 51.6 Å². The summed E-state index contributed by atoms with van der Waals surface area (Å²) in [5.41, 5.74) is 5.83. The summed E-state index contributed by atoms with van der Waals surface area (Å²) in [6.45, 7) is 10.4. The van der Waals surface area contributed by atoms with Crippen molar-refractivity contribution in [2.75, 3.05) is 6.54 Å². The minimum absolute atomic E-state index is 0.0437. The molecule has 1 amide bonds. The average molecular weight is 224 g/mol. The van der Waals surface area contributed by atoms with Crippen LogP contribution in [-0.2, 0) is 4.79 Å². The standard InChI is InChI=1S/C13H24N2O/c1-5-8-15(13(2,3)4)12(16)9-11(14)10-6-7-10/h5,10-11H,1,6-9,14H2,2-4H3. The van der Waals surface area contributed by atoms with E-state index in [1.54, 1.807) is 6.08 Å². The van der Waals surface area contributed by atoms with Crippen LogP contribution in [0.4, 0.5) is 0 Å². The van der Waals surface area contributed by atoms with Gasteiger partial charge in [-0.15, -0.1) is 6.58 Å². The SMILES string of the molecule is C=CCN(C(=O)CC(N)C1CC1)C(C)(C)C.